The smallest absolute Gasteiger partial charge is 0.212 e. The third kappa shape index (κ3) is 1.01. The quantitative estimate of drug-likeness (QED) is 0.710. The van der Waals surface area contributed by atoms with Crippen molar-refractivity contribution < 1.29 is 10.2 Å². The van der Waals surface area contributed by atoms with Crippen molar-refractivity contribution in [3.05, 3.63) is 47.5 Å². The summed E-state index contributed by atoms with van der Waals surface area (Å²) in [5.74, 6) is 0. The van der Waals surface area contributed by atoms with Gasteiger partial charge in [-0.15, -0.1) is 0 Å². The second kappa shape index (κ2) is 2.90. The first-order chi connectivity index (χ1) is 7.46. The van der Waals surface area contributed by atoms with Gasteiger partial charge in [0.15, 0.2) is 0 Å². The molecule has 0 heterocycles. The van der Waals surface area contributed by atoms with E-state index in [1.54, 1.807) is 24.3 Å². The summed E-state index contributed by atoms with van der Waals surface area (Å²) in [7, 11) is 0. The fourth-order valence-corrected chi connectivity index (χ4v) is 2.77. The van der Waals surface area contributed by atoms with Crippen molar-refractivity contribution in [3.8, 4) is 0 Å². The maximum atomic E-state index is 10.1. The molecule has 2 nitrogen and oxygen atoms in total. The van der Waals surface area contributed by atoms with E-state index >= 15 is 0 Å². The van der Waals surface area contributed by atoms with Crippen molar-refractivity contribution in [2.24, 2.45) is 0 Å². The number of halogens is 2. The third-order valence-corrected chi connectivity index (χ3v) is 4.11. The molecule has 2 aromatic carbocycles. The van der Waals surface area contributed by atoms with Crippen molar-refractivity contribution in [1.82, 2.24) is 0 Å². The highest BCUT2D eigenvalue weighted by Crippen LogP contribution is 2.56. The van der Waals surface area contributed by atoms with Crippen LogP contribution < -0.4 is 0 Å². The second-order valence-corrected chi connectivity index (χ2v) is 5.05. The van der Waals surface area contributed by atoms with Crippen molar-refractivity contribution >= 4 is 34.0 Å². The molecule has 0 fully saturated rings. The Morgan fingerprint density at radius 3 is 1.69 bits per heavy atom. The topological polar surface area (TPSA) is 40.5 Å². The van der Waals surface area contributed by atoms with Crippen LogP contribution in [0.3, 0.4) is 0 Å². The Balaban J connectivity index is 2.54. The molecule has 2 aromatic rings. The largest absolute Gasteiger partial charge is 0.367 e. The first-order valence-electron chi connectivity index (χ1n) is 4.81. The molecule has 2 atom stereocenters. The van der Waals surface area contributed by atoms with Crippen LogP contribution in [0.4, 0.5) is 0 Å². The minimum absolute atomic E-state index is 0.444. The van der Waals surface area contributed by atoms with Gasteiger partial charge in [0.2, 0.25) is 10.1 Å². The van der Waals surface area contributed by atoms with Gasteiger partial charge in [-0.05, 0) is 10.8 Å². The van der Waals surface area contributed by atoms with Crippen molar-refractivity contribution in [3.63, 3.8) is 0 Å². The maximum absolute atomic E-state index is 10.1. The fraction of sp³-hybridized carbons (Fsp3) is 0.167. The highest BCUT2D eigenvalue weighted by Gasteiger charge is 2.56. The summed E-state index contributed by atoms with van der Waals surface area (Å²) in [6, 6.07) is 10.6. The molecule has 1 aliphatic rings. The monoisotopic (exact) mass is 254 g/mol. The summed E-state index contributed by atoms with van der Waals surface area (Å²) in [5.41, 5.74) is 0.888. The summed E-state index contributed by atoms with van der Waals surface area (Å²) in [6.07, 6.45) is 0. The van der Waals surface area contributed by atoms with Gasteiger partial charge in [-0.2, -0.15) is 0 Å². The van der Waals surface area contributed by atoms with E-state index in [0.29, 0.717) is 11.1 Å². The van der Waals surface area contributed by atoms with Gasteiger partial charge in [-0.1, -0.05) is 59.6 Å². The molecule has 0 bridgehead atoms. The molecule has 0 spiro atoms. The zero-order valence-corrected chi connectivity index (χ0v) is 9.63. The van der Waals surface area contributed by atoms with E-state index in [2.05, 4.69) is 0 Å². The number of aliphatic hydroxyl groups is 2. The molecule has 3 rings (SSSR count). The van der Waals surface area contributed by atoms with Crippen molar-refractivity contribution in [1.29, 1.82) is 0 Å². The molecule has 2 N–H and O–H groups in total. The highest BCUT2D eigenvalue weighted by atomic mass is 35.5. The second-order valence-electron chi connectivity index (χ2n) is 3.95. The average Bonchev–Trinajstić information content (AvgIpc) is 2.40. The molecule has 0 aliphatic heterocycles. The van der Waals surface area contributed by atoms with Gasteiger partial charge in [0.05, 0.1) is 0 Å². The van der Waals surface area contributed by atoms with Crippen LogP contribution in [0.15, 0.2) is 36.4 Å². The SMILES string of the molecule is O[C@@]1(Cl)c2cccc3cccc(c23)[C@@]1(O)Cl. The molecule has 4 heteroatoms. The van der Waals surface area contributed by atoms with E-state index in [0.717, 1.165) is 10.8 Å². The molecule has 82 valence electrons. The summed E-state index contributed by atoms with van der Waals surface area (Å²) >= 11 is 11.9. The standard InChI is InChI=1S/C12H8Cl2O2/c13-11(15)8-5-1-3-7-4-2-6-9(10(7)8)12(11,14)16/h1-6,15-16H/t11-,12-/m0/s1. The first-order valence-corrected chi connectivity index (χ1v) is 5.57. The molecule has 0 unspecified atom stereocenters. The molecule has 0 amide bonds. The Labute approximate surface area is 102 Å². The van der Waals surface area contributed by atoms with E-state index in [-0.39, 0.29) is 0 Å². The van der Waals surface area contributed by atoms with Crippen molar-refractivity contribution in [2.45, 2.75) is 10.1 Å². The number of hydrogen-bond donors (Lipinski definition) is 2. The van der Waals surface area contributed by atoms with Crippen LogP contribution in [0.25, 0.3) is 10.8 Å². The molecule has 0 aromatic heterocycles. The maximum Gasteiger partial charge on any atom is 0.212 e. The van der Waals surface area contributed by atoms with Crippen LogP contribution in [0.5, 0.6) is 0 Å². The van der Waals surface area contributed by atoms with Gasteiger partial charge in [-0.25, -0.2) is 0 Å². The lowest BCUT2D eigenvalue weighted by Gasteiger charge is -2.28. The van der Waals surface area contributed by atoms with Crippen LogP contribution in [-0.4, -0.2) is 10.2 Å². The Morgan fingerprint density at radius 2 is 1.25 bits per heavy atom. The van der Waals surface area contributed by atoms with Crippen LogP contribution in [0.1, 0.15) is 11.1 Å². The first kappa shape index (κ1) is 10.4. The van der Waals surface area contributed by atoms with E-state index in [1.807, 2.05) is 12.1 Å². The van der Waals surface area contributed by atoms with Gasteiger partial charge in [0.1, 0.15) is 0 Å². The van der Waals surface area contributed by atoms with Crippen LogP contribution in [-0.2, 0) is 10.1 Å². The molecule has 0 radical (unpaired) electrons. The van der Waals surface area contributed by atoms with Crippen LogP contribution in [0, 0.1) is 0 Å². The van der Waals surface area contributed by atoms with E-state index in [4.69, 9.17) is 23.2 Å². The minimum atomic E-state index is -1.99. The Hall–Kier alpha value is -0.800. The minimum Gasteiger partial charge on any atom is -0.367 e. The molecule has 16 heavy (non-hydrogen) atoms. The summed E-state index contributed by atoms with van der Waals surface area (Å²) in [4.78, 5) is 0. The molecule has 1 aliphatic carbocycles. The van der Waals surface area contributed by atoms with Gasteiger partial charge >= 0.3 is 0 Å². The predicted octanol–water partition coefficient (Wildman–Crippen LogP) is 2.62. The zero-order chi connectivity index (χ0) is 11.6. The summed E-state index contributed by atoms with van der Waals surface area (Å²) in [5, 5.41) is 17.9. The lowest BCUT2D eigenvalue weighted by atomic mass is 10.1. The van der Waals surface area contributed by atoms with E-state index < -0.39 is 10.1 Å². The lowest BCUT2D eigenvalue weighted by Crippen LogP contribution is -2.36. The predicted molar refractivity (Wildman–Crippen MR) is 63.4 cm³/mol. The normalized spacial score (nSPS) is 32.2. The van der Waals surface area contributed by atoms with Crippen LogP contribution in [0.2, 0.25) is 0 Å². The highest BCUT2D eigenvalue weighted by molar-refractivity contribution is 6.35. The molecular weight excluding hydrogens is 247 g/mol. The molecular formula is C12H8Cl2O2. The Bertz CT molecular complexity index is 542. The van der Waals surface area contributed by atoms with Gasteiger partial charge in [0, 0.05) is 11.1 Å². The average molecular weight is 255 g/mol. The zero-order valence-electron chi connectivity index (χ0n) is 8.11. The Morgan fingerprint density at radius 1 is 0.812 bits per heavy atom. The number of hydrogen-bond acceptors (Lipinski definition) is 2. The summed E-state index contributed by atoms with van der Waals surface area (Å²) in [6.45, 7) is 0. The van der Waals surface area contributed by atoms with E-state index in [9.17, 15) is 10.2 Å². The fourth-order valence-electron chi connectivity index (χ4n) is 2.25. The number of alkyl halides is 2. The molecule has 0 saturated heterocycles. The third-order valence-electron chi connectivity index (χ3n) is 3.06. The van der Waals surface area contributed by atoms with Gasteiger partial charge in [0.25, 0.3) is 0 Å². The summed E-state index contributed by atoms with van der Waals surface area (Å²) < 4.78 is 0. The molecule has 0 saturated carbocycles. The van der Waals surface area contributed by atoms with Gasteiger partial charge < -0.3 is 10.2 Å². The lowest BCUT2D eigenvalue weighted by molar-refractivity contribution is -0.0437. The number of benzene rings is 2. The van der Waals surface area contributed by atoms with Crippen molar-refractivity contribution in [2.75, 3.05) is 0 Å². The van der Waals surface area contributed by atoms with Crippen LogP contribution >= 0.6 is 23.2 Å². The Kier molecular flexibility index (Phi) is 1.88. The van der Waals surface area contributed by atoms with E-state index in [1.165, 1.54) is 0 Å². The van der Waals surface area contributed by atoms with Gasteiger partial charge in [-0.3, -0.25) is 0 Å². The number of rotatable bonds is 0.